The number of rotatable bonds is 5. The van der Waals surface area contributed by atoms with Crippen LogP contribution in [-0.4, -0.2) is 37.0 Å². The molecule has 3 nitrogen and oxygen atoms in total. The fourth-order valence-electron chi connectivity index (χ4n) is 2.60. The quantitative estimate of drug-likeness (QED) is 0.887. The van der Waals surface area contributed by atoms with Crippen molar-refractivity contribution in [2.45, 2.75) is 38.1 Å². The van der Waals surface area contributed by atoms with E-state index >= 15 is 0 Å². The molecule has 0 bridgehead atoms. The van der Waals surface area contributed by atoms with E-state index in [0.29, 0.717) is 18.4 Å². The maximum atomic E-state index is 12.4. The van der Waals surface area contributed by atoms with Crippen molar-refractivity contribution in [3.05, 3.63) is 22.4 Å². The third-order valence-electron chi connectivity index (χ3n) is 3.58. The summed E-state index contributed by atoms with van der Waals surface area (Å²) >= 11 is 1.67. The summed E-state index contributed by atoms with van der Waals surface area (Å²) in [5.74, 6) is 0.304. The highest BCUT2D eigenvalue weighted by Crippen LogP contribution is 2.21. The number of likely N-dealkylation sites (tertiary alicyclic amines) is 1. The Balaban J connectivity index is 1.92. The van der Waals surface area contributed by atoms with E-state index in [1.807, 2.05) is 18.5 Å². The van der Waals surface area contributed by atoms with Crippen molar-refractivity contribution in [1.82, 2.24) is 10.2 Å². The highest BCUT2D eigenvalue weighted by molar-refractivity contribution is 7.10. The summed E-state index contributed by atoms with van der Waals surface area (Å²) in [6.07, 6.45) is 5.24. The van der Waals surface area contributed by atoms with Crippen molar-refractivity contribution in [3.8, 4) is 0 Å². The molecule has 1 saturated heterocycles. The predicted octanol–water partition coefficient (Wildman–Crippen LogP) is 2.28. The van der Waals surface area contributed by atoms with Crippen LogP contribution in [0.3, 0.4) is 0 Å². The lowest BCUT2D eigenvalue weighted by atomic mass is 9.98. The van der Waals surface area contributed by atoms with Gasteiger partial charge < -0.3 is 10.2 Å². The monoisotopic (exact) mass is 266 g/mol. The zero-order valence-electron chi connectivity index (χ0n) is 11.0. The molecule has 1 aromatic heterocycles. The van der Waals surface area contributed by atoms with Crippen molar-refractivity contribution in [3.63, 3.8) is 0 Å². The van der Waals surface area contributed by atoms with E-state index in [-0.39, 0.29) is 0 Å². The number of carbonyl (C=O) groups excluding carboxylic acids is 1. The number of nitrogens with one attached hydrogen (secondary N) is 1. The summed E-state index contributed by atoms with van der Waals surface area (Å²) in [6, 6.07) is 4.51. The lowest BCUT2D eigenvalue weighted by Crippen LogP contribution is -2.45. The molecule has 1 unspecified atom stereocenters. The van der Waals surface area contributed by atoms with E-state index in [9.17, 15) is 4.79 Å². The molecule has 0 aromatic carbocycles. The zero-order valence-corrected chi connectivity index (χ0v) is 11.8. The second-order valence-electron chi connectivity index (χ2n) is 4.89. The number of thiophene rings is 1. The topological polar surface area (TPSA) is 32.3 Å². The Morgan fingerprint density at radius 3 is 3.17 bits per heavy atom. The maximum absolute atomic E-state index is 12.4. The Bertz CT molecular complexity index is 364. The highest BCUT2D eigenvalue weighted by atomic mass is 32.1. The van der Waals surface area contributed by atoms with Crippen molar-refractivity contribution in [2.75, 3.05) is 20.1 Å². The Kier molecular flexibility index (Phi) is 5.20. The maximum Gasteiger partial charge on any atom is 0.228 e. The Labute approximate surface area is 113 Å². The van der Waals surface area contributed by atoms with Gasteiger partial charge in [0.15, 0.2) is 0 Å². The van der Waals surface area contributed by atoms with Gasteiger partial charge in [-0.25, -0.2) is 0 Å². The van der Waals surface area contributed by atoms with Crippen LogP contribution in [0.15, 0.2) is 17.5 Å². The molecule has 2 heterocycles. The lowest BCUT2D eigenvalue weighted by molar-refractivity contribution is -0.134. The second kappa shape index (κ2) is 6.90. The average molecular weight is 266 g/mol. The summed E-state index contributed by atoms with van der Waals surface area (Å²) in [6.45, 7) is 1.94. The molecular weight excluding hydrogens is 244 g/mol. The van der Waals surface area contributed by atoms with Crippen LogP contribution in [-0.2, 0) is 11.2 Å². The van der Waals surface area contributed by atoms with Crippen molar-refractivity contribution >= 4 is 17.2 Å². The van der Waals surface area contributed by atoms with Gasteiger partial charge in [-0.2, -0.15) is 0 Å². The first-order valence-corrected chi connectivity index (χ1v) is 7.65. The smallest absolute Gasteiger partial charge is 0.228 e. The van der Waals surface area contributed by atoms with Gasteiger partial charge in [0, 0.05) is 17.5 Å². The van der Waals surface area contributed by atoms with Gasteiger partial charge in [0.05, 0.1) is 6.42 Å². The second-order valence-corrected chi connectivity index (χ2v) is 5.92. The molecule has 0 spiro atoms. The number of carbonyl (C=O) groups is 1. The summed E-state index contributed by atoms with van der Waals surface area (Å²) in [5, 5.41) is 5.22. The third-order valence-corrected chi connectivity index (χ3v) is 4.46. The van der Waals surface area contributed by atoms with Gasteiger partial charge in [0.1, 0.15) is 0 Å². The van der Waals surface area contributed by atoms with Crippen LogP contribution in [0.5, 0.6) is 0 Å². The zero-order chi connectivity index (χ0) is 12.8. The Morgan fingerprint density at radius 2 is 2.44 bits per heavy atom. The van der Waals surface area contributed by atoms with Crippen LogP contribution < -0.4 is 5.32 Å². The minimum Gasteiger partial charge on any atom is -0.339 e. The molecule has 1 aliphatic heterocycles. The van der Waals surface area contributed by atoms with Crippen LogP contribution in [0, 0.1) is 0 Å². The van der Waals surface area contributed by atoms with Gasteiger partial charge in [-0.1, -0.05) is 6.07 Å². The van der Waals surface area contributed by atoms with Crippen LogP contribution in [0.4, 0.5) is 0 Å². The van der Waals surface area contributed by atoms with E-state index < -0.39 is 0 Å². The molecule has 4 heteroatoms. The van der Waals surface area contributed by atoms with Gasteiger partial charge >= 0.3 is 0 Å². The van der Waals surface area contributed by atoms with Gasteiger partial charge in [-0.05, 0) is 50.7 Å². The van der Waals surface area contributed by atoms with E-state index in [1.165, 1.54) is 11.3 Å². The Morgan fingerprint density at radius 1 is 1.56 bits per heavy atom. The van der Waals surface area contributed by atoms with Crippen molar-refractivity contribution in [2.24, 2.45) is 0 Å². The summed E-state index contributed by atoms with van der Waals surface area (Å²) in [5.41, 5.74) is 0. The van der Waals surface area contributed by atoms with Crippen LogP contribution >= 0.6 is 11.3 Å². The molecule has 0 aliphatic carbocycles. The molecule has 100 valence electrons. The molecule has 18 heavy (non-hydrogen) atoms. The minimum atomic E-state index is 0.304. The fourth-order valence-corrected chi connectivity index (χ4v) is 3.30. The molecular formula is C14H22N2OS. The SMILES string of the molecule is CNCCC1CCCCN1C(=O)Cc1cccs1. The van der Waals surface area contributed by atoms with Gasteiger partial charge in [-0.15, -0.1) is 11.3 Å². The molecule has 1 aliphatic rings. The third kappa shape index (κ3) is 3.56. The first-order chi connectivity index (χ1) is 8.81. The Hall–Kier alpha value is -0.870. The molecule has 2 rings (SSSR count). The first kappa shape index (κ1) is 13.6. The standard InChI is InChI=1S/C14H22N2OS/c1-15-8-7-12-5-2-3-9-16(12)14(17)11-13-6-4-10-18-13/h4,6,10,12,15H,2-3,5,7-9,11H2,1H3. The normalized spacial score (nSPS) is 20.1. The van der Waals surface area contributed by atoms with Crippen molar-refractivity contribution < 1.29 is 4.79 Å². The molecule has 1 atom stereocenters. The number of nitrogens with zero attached hydrogens (tertiary/aromatic N) is 1. The van der Waals surface area contributed by atoms with E-state index in [1.54, 1.807) is 11.3 Å². The fraction of sp³-hybridized carbons (Fsp3) is 0.643. The van der Waals surface area contributed by atoms with E-state index in [0.717, 1.165) is 32.4 Å². The summed E-state index contributed by atoms with van der Waals surface area (Å²) in [7, 11) is 1.97. The highest BCUT2D eigenvalue weighted by Gasteiger charge is 2.26. The summed E-state index contributed by atoms with van der Waals surface area (Å²) in [4.78, 5) is 15.6. The van der Waals surface area contributed by atoms with Crippen LogP contribution in [0.25, 0.3) is 0 Å². The van der Waals surface area contributed by atoms with Crippen LogP contribution in [0.2, 0.25) is 0 Å². The predicted molar refractivity (Wildman–Crippen MR) is 75.9 cm³/mol. The molecule has 1 amide bonds. The first-order valence-electron chi connectivity index (χ1n) is 6.77. The number of piperidine rings is 1. The number of amides is 1. The molecule has 0 saturated carbocycles. The molecule has 1 aromatic rings. The van der Waals surface area contributed by atoms with Gasteiger partial charge in [0.2, 0.25) is 5.91 Å². The van der Waals surface area contributed by atoms with Gasteiger partial charge in [0.25, 0.3) is 0 Å². The number of hydrogen-bond donors (Lipinski definition) is 1. The number of hydrogen-bond acceptors (Lipinski definition) is 3. The minimum absolute atomic E-state index is 0.304. The van der Waals surface area contributed by atoms with Crippen molar-refractivity contribution in [1.29, 1.82) is 0 Å². The molecule has 1 N–H and O–H groups in total. The lowest BCUT2D eigenvalue weighted by Gasteiger charge is -2.36. The average Bonchev–Trinajstić information content (AvgIpc) is 2.89. The summed E-state index contributed by atoms with van der Waals surface area (Å²) < 4.78 is 0. The van der Waals surface area contributed by atoms with Gasteiger partial charge in [-0.3, -0.25) is 4.79 Å². The molecule has 1 fully saturated rings. The molecule has 0 radical (unpaired) electrons. The van der Waals surface area contributed by atoms with E-state index in [4.69, 9.17) is 0 Å². The largest absolute Gasteiger partial charge is 0.339 e. The van der Waals surface area contributed by atoms with E-state index in [2.05, 4.69) is 16.3 Å². The van der Waals surface area contributed by atoms with Crippen LogP contribution in [0.1, 0.15) is 30.6 Å².